The smallest absolute Gasteiger partial charge is 0.412 e. The number of amides is 2. The topological polar surface area (TPSA) is 81.0 Å². The summed E-state index contributed by atoms with van der Waals surface area (Å²) in [5.74, 6) is 0.424. The van der Waals surface area contributed by atoms with Crippen LogP contribution >= 0.6 is 0 Å². The predicted molar refractivity (Wildman–Crippen MR) is 127 cm³/mol. The van der Waals surface area contributed by atoms with Gasteiger partial charge in [0.2, 0.25) is 5.91 Å². The molecular formula is C26H24N2O5. The molecule has 1 aliphatic rings. The third-order valence-electron chi connectivity index (χ3n) is 5.95. The second-order valence-electron chi connectivity index (χ2n) is 8.30. The molecule has 0 saturated carbocycles. The van der Waals surface area contributed by atoms with E-state index in [1.165, 1.54) is 7.11 Å². The van der Waals surface area contributed by atoms with Crippen LogP contribution in [0.3, 0.4) is 0 Å². The Bertz CT molecular complexity index is 1390. The lowest BCUT2D eigenvalue weighted by Gasteiger charge is -2.20. The summed E-state index contributed by atoms with van der Waals surface area (Å²) < 4.78 is 17.0. The number of rotatable bonds is 4. The summed E-state index contributed by atoms with van der Waals surface area (Å²) in [4.78, 5) is 27.0. The maximum absolute atomic E-state index is 12.7. The standard InChI is InChI=1S/C26H24N2O5/c1-15-8-9-16(2)21(10-15)28-14-17(11-25(28)29)32-26(30)27-20-13-23-19(12-24(20)31-3)18-6-4-5-7-22(18)33-23/h4-10,12-13,17H,11,14H2,1-3H3,(H,27,30). The number of hydrogen-bond acceptors (Lipinski definition) is 5. The van der Waals surface area contributed by atoms with Crippen LogP contribution in [0.2, 0.25) is 0 Å². The molecule has 1 atom stereocenters. The Hall–Kier alpha value is -4.00. The molecule has 1 fully saturated rings. The van der Waals surface area contributed by atoms with E-state index < -0.39 is 12.2 Å². The van der Waals surface area contributed by atoms with Crippen molar-refractivity contribution in [3.8, 4) is 5.75 Å². The van der Waals surface area contributed by atoms with E-state index in [1.807, 2.05) is 62.4 Å². The second-order valence-corrected chi connectivity index (χ2v) is 8.30. The first-order valence-electron chi connectivity index (χ1n) is 10.8. The number of anilines is 2. The summed E-state index contributed by atoms with van der Waals surface area (Å²) in [6.45, 7) is 4.26. The molecule has 1 aliphatic heterocycles. The maximum atomic E-state index is 12.7. The summed E-state index contributed by atoms with van der Waals surface area (Å²) in [5, 5.41) is 4.60. The average Bonchev–Trinajstić information content (AvgIpc) is 3.33. The Morgan fingerprint density at radius 1 is 1.06 bits per heavy atom. The summed E-state index contributed by atoms with van der Waals surface area (Å²) in [7, 11) is 1.54. The largest absolute Gasteiger partial charge is 0.495 e. The number of nitrogens with zero attached hydrogens (tertiary/aromatic N) is 1. The zero-order valence-electron chi connectivity index (χ0n) is 18.7. The number of methoxy groups -OCH3 is 1. The van der Waals surface area contributed by atoms with Gasteiger partial charge in [0, 0.05) is 22.5 Å². The van der Waals surface area contributed by atoms with E-state index >= 15 is 0 Å². The number of carbonyl (C=O) groups excluding carboxylic acids is 2. The molecule has 3 aromatic carbocycles. The van der Waals surface area contributed by atoms with Crippen LogP contribution in [0.1, 0.15) is 17.5 Å². The molecule has 5 rings (SSSR count). The first-order chi connectivity index (χ1) is 15.9. The van der Waals surface area contributed by atoms with Crippen LogP contribution in [0.5, 0.6) is 5.75 Å². The van der Waals surface area contributed by atoms with Crippen LogP contribution in [0, 0.1) is 13.8 Å². The molecule has 7 heteroatoms. The minimum Gasteiger partial charge on any atom is -0.495 e. The maximum Gasteiger partial charge on any atom is 0.412 e. The highest BCUT2D eigenvalue weighted by atomic mass is 16.6. The van der Waals surface area contributed by atoms with Gasteiger partial charge in [0.25, 0.3) is 0 Å². The van der Waals surface area contributed by atoms with Crippen molar-refractivity contribution in [1.82, 2.24) is 0 Å². The van der Waals surface area contributed by atoms with Crippen molar-refractivity contribution in [2.45, 2.75) is 26.4 Å². The highest BCUT2D eigenvalue weighted by Gasteiger charge is 2.34. The van der Waals surface area contributed by atoms with Gasteiger partial charge in [0.1, 0.15) is 23.0 Å². The molecule has 1 unspecified atom stereocenters. The van der Waals surface area contributed by atoms with Crippen LogP contribution in [-0.2, 0) is 9.53 Å². The summed E-state index contributed by atoms with van der Waals surface area (Å²) in [6, 6.07) is 17.2. The Balaban J connectivity index is 1.33. The number of benzene rings is 3. The normalized spacial score (nSPS) is 15.9. The van der Waals surface area contributed by atoms with E-state index in [4.69, 9.17) is 13.9 Å². The van der Waals surface area contributed by atoms with Gasteiger partial charge in [0.15, 0.2) is 0 Å². The first kappa shape index (κ1) is 20.9. The van der Waals surface area contributed by atoms with E-state index in [-0.39, 0.29) is 12.3 Å². The fourth-order valence-corrected chi connectivity index (χ4v) is 4.31. The van der Waals surface area contributed by atoms with E-state index in [0.29, 0.717) is 23.6 Å². The minimum absolute atomic E-state index is 0.0669. The number of nitrogens with one attached hydrogen (secondary N) is 1. The third-order valence-corrected chi connectivity index (χ3v) is 5.95. The lowest BCUT2D eigenvalue weighted by atomic mass is 10.1. The van der Waals surface area contributed by atoms with Crippen molar-refractivity contribution in [2.24, 2.45) is 0 Å². The van der Waals surface area contributed by atoms with Gasteiger partial charge < -0.3 is 18.8 Å². The minimum atomic E-state index is -0.649. The molecule has 0 aliphatic carbocycles. The molecular weight excluding hydrogens is 420 g/mol. The van der Waals surface area contributed by atoms with Crippen LogP contribution in [-0.4, -0.2) is 31.8 Å². The van der Waals surface area contributed by atoms with Gasteiger partial charge in [-0.05, 0) is 43.2 Å². The van der Waals surface area contributed by atoms with Gasteiger partial charge in [-0.25, -0.2) is 4.79 Å². The molecule has 1 N–H and O–H groups in total. The van der Waals surface area contributed by atoms with Crippen LogP contribution < -0.4 is 15.0 Å². The number of carbonyl (C=O) groups is 2. The summed E-state index contributed by atoms with van der Waals surface area (Å²) in [6.07, 6.45) is -1.05. The zero-order chi connectivity index (χ0) is 23.1. The molecule has 1 aromatic heterocycles. The van der Waals surface area contributed by atoms with Crippen molar-refractivity contribution < 1.29 is 23.5 Å². The van der Waals surface area contributed by atoms with Gasteiger partial charge in [-0.15, -0.1) is 0 Å². The number of aryl methyl sites for hydroxylation is 2. The summed E-state index contributed by atoms with van der Waals surface area (Å²) in [5.41, 5.74) is 4.74. The van der Waals surface area contributed by atoms with Gasteiger partial charge >= 0.3 is 6.09 Å². The predicted octanol–water partition coefficient (Wildman–Crippen LogP) is 5.57. The van der Waals surface area contributed by atoms with Crippen molar-refractivity contribution >= 4 is 45.3 Å². The van der Waals surface area contributed by atoms with E-state index in [9.17, 15) is 9.59 Å². The van der Waals surface area contributed by atoms with Crippen molar-refractivity contribution in [3.63, 3.8) is 0 Å². The number of ether oxygens (including phenoxy) is 2. The fraction of sp³-hybridized carbons (Fsp3) is 0.231. The Morgan fingerprint density at radius 2 is 1.88 bits per heavy atom. The molecule has 168 valence electrons. The van der Waals surface area contributed by atoms with Crippen LogP contribution in [0.15, 0.2) is 59.0 Å². The Morgan fingerprint density at radius 3 is 2.70 bits per heavy atom. The van der Waals surface area contributed by atoms with Crippen molar-refractivity contribution in [2.75, 3.05) is 23.9 Å². The monoisotopic (exact) mass is 444 g/mol. The third kappa shape index (κ3) is 3.86. The average molecular weight is 444 g/mol. The number of furan rings is 1. The van der Waals surface area contributed by atoms with Gasteiger partial charge in [-0.2, -0.15) is 0 Å². The highest BCUT2D eigenvalue weighted by molar-refractivity contribution is 6.07. The molecule has 0 radical (unpaired) electrons. The highest BCUT2D eigenvalue weighted by Crippen LogP contribution is 2.36. The van der Waals surface area contributed by atoms with Crippen LogP contribution in [0.4, 0.5) is 16.2 Å². The lowest BCUT2D eigenvalue weighted by molar-refractivity contribution is -0.117. The van der Waals surface area contributed by atoms with Crippen LogP contribution in [0.25, 0.3) is 21.9 Å². The molecule has 0 bridgehead atoms. The van der Waals surface area contributed by atoms with Gasteiger partial charge in [-0.3, -0.25) is 10.1 Å². The molecule has 0 spiro atoms. The second kappa shape index (κ2) is 8.16. The molecule has 2 amide bonds. The van der Waals surface area contributed by atoms with Crippen molar-refractivity contribution in [1.29, 1.82) is 0 Å². The fourth-order valence-electron chi connectivity index (χ4n) is 4.31. The SMILES string of the molecule is COc1cc2c(cc1NC(=O)OC1CC(=O)N(c3cc(C)ccc3C)C1)oc1ccccc12. The number of fused-ring (bicyclic) bond motifs is 3. The molecule has 7 nitrogen and oxygen atoms in total. The van der Waals surface area contributed by atoms with Gasteiger partial charge in [-0.1, -0.05) is 30.3 Å². The summed E-state index contributed by atoms with van der Waals surface area (Å²) >= 11 is 0. The first-order valence-corrected chi connectivity index (χ1v) is 10.8. The number of hydrogen-bond donors (Lipinski definition) is 1. The number of para-hydroxylation sites is 1. The Kier molecular flexibility index (Phi) is 5.17. The molecule has 4 aromatic rings. The lowest BCUT2D eigenvalue weighted by Crippen LogP contribution is -2.28. The quantitative estimate of drug-likeness (QED) is 0.445. The van der Waals surface area contributed by atoms with E-state index in [0.717, 1.165) is 33.2 Å². The zero-order valence-corrected chi connectivity index (χ0v) is 18.7. The van der Waals surface area contributed by atoms with E-state index in [2.05, 4.69) is 5.32 Å². The molecule has 2 heterocycles. The van der Waals surface area contributed by atoms with Gasteiger partial charge in [0.05, 0.1) is 25.8 Å². The van der Waals surface area contributed by atoms with Crippen molar-refractivity contribution in [3.05, 3.63) is 65.7 Å². The molecule has 1 saturated heterocycles. The Labute approximate surface area is 190 Å². The molecule has 33 heavy (non-hydrogen) atoms. The van der Waals surface area contributed by atoms with E-state index in [1.54, 1.807) is 11.0 Å².